The zero-order valence-corrected chi connectivity index (χ0v) is 15.6. The van der Waals surface area contributed by atoms with Gasteiger partial charge in [-0.1, -0.05) is 0 Å². The first kappa shape index (κ1) is 17.7. The van der Waals surface area contributed by atoms with Gasteiger partial charge in [-0.25, -0.2) is 4.99 Å². The summed E-state index contributed by atoms with van der Waals surface area (Å²) in [5.41, 5.74) is 3.94. The van der Waals surface area contributed by atoms with Crippen LogP contribution in [0.1, 0.15) is 12.8 Å². The van der Waals surface area contributed by atoms with E-state index in [0.29, 0.717) is 0 Å². The number of rotatable bonds is 6. The molecule has 0 unspecified atom stereocenters. The second kappa shape index (κ2) is 8.80. The molecule has 2 saturated heterocycles. The fourth-order valence-corrected chi connectivity index (χ4v) is 4.05. The van der Waals surface area contributed by atoms with Gasteiger partial charge in [-0.3, -0.25) is 15.6 Å². The molecule has 132 valence electrons. The lowest BCUT2D eigenvalue weighted by Gasteiger charge is -2.37. The first-order valence-electron chi connectivity index (χ1n) is 8.67. The number of hydrogen-bond donors (Lipinski definition) is 2. The van der Waals surface area contributed by atoms with Crippen LogP contribution in [-0.4, -0.2) is 73.7 Å². The molecule has 7 heteroatoms. The second-order valence-corrected chi connectivity index (χ2v) is 7.25. The van der Waals surface area contributed by atoms with Crippen molar-refractivity contribution in [2.75, 3.05) is 57.3 Å². The van der Waals surface area contributed by atoms with Crippen LogP contribution in [0.4, 0.5) is 11.4 Å². The van der Waals surface area contributed by atoms with Crippen molar-refractivity contribution in [3.8, 4) is 0 Å². The second-order valence-electron chi connectivity index (χ2n) is 6.40. The van der Waals surface area contributed by atoms with Crippen molar-refractivity contribution in [3.63, 3.8) is 0 Å². The Morgan fingerprint density at radius 3 is 2.33 bits per heavy atom. The van der Waals surface area contributed by atoms with Gasteiger partial charge in [0.05, 0.1) is 11.4 Å². The van der Waals surface area contributed by atoms with Crippen molar-refractivity contribution in [3.05, 3.63) is 22.7 Å². The van der Waals surface area contributed by atoms with Crippen LogP contribution in [0.5, 0.6) is 0 Å². The number of benzene rings is 1. The fourth-order valence-electron chi connectivity index (χ4n) is 3.44. The zero-order chi connectivity index (χ0) is 16.8. The van der Waals surface area contributed by atoms with Crippen molar-refractivity contribution >= 4 is 33.6 Å². The maximum atomic E-state index is 8.57. The molecular formula is C17H26BrN5O. The molecule has 1 aromatic rings. The predicted octanol–water partition coefficient (Wildman–Crippen LogP) is 2.31. The van der Waals surface area contributed by atoms with Gasteiger partial charge >= 0.3 is 0 Å². The summed E-state index contributed by atoms with van der Waals surface area (Å²) in [6.07, 6.45) is 4.01. The van der Waals surface area contributed by atoms with Crippen LogP contribution in [0.2, 0.25) is 0 Å². The minimum atomic E-state index is 0.802. The Kier molecular flexibility index (Phi) is 6.48. The van der Waals surface area contributed by atoms with E-state index in [2.05, 4.69) is 41.7 Å². The Balaban J connectivity index is 1.49. The Morgan fingerprint density at radius 2 is 1.71 bits per heavy atom. The van der Waals surface area contributed by atoms with E-state index in [1.165, 1.54) is 51.0 Å². The molecule has 0 bridgehead atoms. The van der Waals surface area contributed by atoms with Gasteiger partial charge < -0.3 is 9.80 Å². The third kappa shape index (κ3) is 4.69. The maximum absolute atomic E-state index is 8.57. The van der Waals surface area contributed by atoms with Crippen LogP contribution < -0.4 is 10.4 Å². The molecule has 2 aliphatic rings. The lowest BCUT2D eigenvalue weighted by atomic mass is 10.2. The summed E-state index contributed by atoms with van der Waals surface area (Å²) in [6.45, 7) is 9.33. The molecule has 2 aliphatic heterocycles. The van der Waals surface area contributed by atoms with E-state index >= 15 is 0 Å². The first-order valence-corrected chi connectivity index (χ1v) is 9.47. The quantitative estimate of drug-likeness (QED) is 0.439. The average molecular weight is 396 g/mol. The molecule has 2 N–H and O–H groups in total. The van der Waals surface area contributed by atoms with Crippen LogP contribution in [0.15, 0.2) is 27.7 Å². The zero-order valence-electron chi connectivity index (χ0n) is 14.0. The number of hydroxylamine groups is 1. The number of aliphatic imine (C=N–C) groups is 1. The number of hydrogen-bond acceptors (Lipinski definition) is 5. The number of likely N-dealkylation sites (tertiary alicyclic amines) is 1. The van der Waals surface area contributed by atoms with E-state index in [9.17, 15) is 0 Å². The highest BCUT2D eigenvalue weighted by Crippen LogP contribution is 2.31. The summed E-state index contributed by atoms with van der Waals surface area (Å²) in [4.78, 5) is 11.7. The molecule has 0 radical (unpaired) electrons. The van der Waals surface area contributed by atoms with E-state index in [1.54, 1.807) is 0 Å². The predicted molar refractivity (Wildman–Crippen MR) is 102 cm³/mol. The van der Waals surface area contributed by atoms with Crippen LogP contribution in [0.3, 0.4) is 0 Å². The third-order valence-corrected chi connectivity index (χ3v) is 5.48. The molecule has 0 spiro atoms. The Morgan fingerprint density at radius 1 is 1.04 bits per heavy atom. The Labute approximate surface area is 152 Å². The van der Waals surface area contributed by atoms with Gasteiger partial charge in [-0.05, 0) is 60.1 Å². The van der Waals surface area contributed by atoms with Crippen LogP contribution in [0.25, 0.3) is 0 Å². The normalized spacial score (nSPS) is 20.2. The number of nitrogens with one attached hydrogen (secondary N) is 1. The third-order valence-electron chi connectivity index (χ3n) is 4.85. The van der Waals surface area contributed by atoms with Gasteiger partial charge in [-0.15, -0.1) is 0 Å². The van der Waals surface area contributed by atoms with Crippen molar-refractivity contribution in [2.24, 2.45) is 4.99 Å². The Bertz CT molecular complexity index is 554. The van der Waals surface area contributed by atoms with Crippen LogP contribution in [-0.2, 0) is 0 Å². The van der Waals surface area contributed by atoms with Crippen molar-refractivity contribution < 1.29 is 5.21 Å². The molecule has 0 saturated carbocycles. The summed E-state index contributed by atoms with van der Waals surface area (Å²) in [7, 11) is 0. The van der Waals surface area contributed by atoms with Gasteiger partial charge in [-0.2, -0.15) is 0 Å². The van der Waals surface area contributed by atoms with Gasteiger partial charge in [0.25, 0.3) is 0 Å². The number of anilines is 1. The van der Waals surface area contributed by atoms with Gasteiger partial charge in [0.15, 0.2) is 0 Å². The monoisotopic (exact) mass is 395 g/mol. The maximum Gasteiger partial charge on any atom is 0.113 e. The first-order chi connectivity index (χ1) is 11.8. The van der Waals surface area contributed by atoms with Crippen molar-refractivity contribution in [1.29, 1.82) is 0 Å². The lowest BCUT2D eigenvalue weighted by Crippen LogP contribution is -2.48. The number of nitrogens with zero attached hydrogens (tertiary/aromatic N) is 4. The molecule has 3 rings (SSSR count). The standard InChI is InChI=1S/C17H26BrN5O/c18-16-13-15(19-14-20-24)3-4-17(16)23-11-9-22(10-12-23)8-7-21-5-1-2-6-21/h3-4,13-14,24H,1-2,5-12H2,(H,19,20). The lowest BCUT2D eigenvalue weighted by molar-refractivity contribution is 0.215. The molecule has 0 aliphatic carbocycles. The van der Waals surface area contributed by atoms with Crippen molar-refractivity contribution in [2.45, 2.75) is 12.8 Å². The summed E-state index contributed by atoms with van der Waals surface area (Å²) >= 11 is 3.65. The molecule has 0 atom stereocenters. The molecule has 0 aromatic heterocycles. The molecule has 0 amide bonds. The average Bonchev–Trinajstić information content (AvgIpc) is 3.12. The van der Waals surface area contributed by atoms with Gasteiger partial charge in [0.1, 0.15) is 6.34 Å². The molecule has 1 aromatic carbocycles. The summed E-state index contributed by atoms with van der Waals surface area (Å²) in [5.74, 6) is 0. The number of piperazine rings is 1. The van der Waals surface area contributed by atoms with E-state index < -0.39 is 0 Å². The van der Waals surface area contributed by atoms with Gasteiger partial charge in [0, 0.05) is 43.7 Å². The summed E-state index contributed by atoms with van der Waals surface area (Å²) in [5, 5.41) is 8.57. The molecule has 6 nitrogen and oxygen atoms in total. The fraction of sp³-hybridized carbons (Fsp3) is 0.588. The minimum Gasteiger partial charge on any atom is -0.368 e. The van der Waals surface area contributed by atoms with E-state index in [4.69, 9.17) is 5.21 Å². The topological polar surface area (TPSA) is 54.3 Å². The van der Waals surface area contributed by atoms with Crippen molar-refractivity contribution in [1.82, 2.24) is 15.3 Å². The number of halogens is 1. The van der Waals surface area contributed by atoms with E-state index in [-0.39, 0.29) is 0 Å². The van der Waals surface area contributed by atoms with Gasteiger partial charge in [0.2, 0.25) is 0 Å². The minimum absolute atomic E-state index is 0.802. The highest BCUT2D eigenvalue weighted by molar-refractivity contribution is 9.10. The summed E-state index contributed by atoms with van der Waals surface area (Å²) in [6, 6.07) is 6.03. The molecule has 24 heavy (non-hydrogen) atoms. The Hall–Kier alpha value is -1.15. The molecule has 2 heterocycles. The largest absolute Gasteiger partial charge is 0.368 e. The smallest absolute Gasteiger partial charge is 0.113 e. The van der Waals surface area contributed by atoms with Crippen LogP contribution >= 0.6 is 15.9 Å². The van der Waals surface area contributed by atoms with Crippen LogP contribution in [0, 0.1) is 0 Å². The molecule has 2 fully saturated rings. The highest BCUT2D eigenvalue weighted by atomic mass is 79.9. The highest BCUT2D eigenvalue weighted by Gasteiger charge is 2.20. The summed E-state index contributed by atoms with van der Waals surface area (Å²) < 4.78 is 1.04. The van der Waals surface area contributed by atoms with E-state index in [0.717, 1.165) is 36.3 Å². The SMILES string of the molecule is ONC=Nc1ccc(N2CCN(CCN3CCCC3)CC2)c(Br)c1. The van der Waals surface area contributed by atoms with E-state index in [1.807, 2.05) is 17.6 Å². The molecular weight excluding hydrogens is 370 g/mol.